The van der Waals surface area contributed by atoms with Crippen LogP contribution in [0.2, 0.25) is 0 Å². The van der Waals surface area contributed by atoms with Crippen molar-refractivity contribution >= 4 is 11.8 Å². The molecule has 0 unspecified atom stereocenters. The van der Waals surface area contributed by atoms with Crippen molar-refractivity contribution in [1.82, 2.24) is 10.6 Å². The zero-order chi connectivity index (χ0) is 18.4. The van der Waals surface area contributed by atoms with Gasteiger partial charge in [-0.15, -0.1) is 0 Å². The minimum Gasteiger partial charge on any atom is -0.467 e. The smallest absolute Gasteiger partial charge is 0.287 e. The van der Waals surface area contributed by atoms with E-state index in [4.69, 9.17) is 8.83 Å². The fourth-order valence-electron chi connectivity index (χ4n) is 2.46. The molecular weight excluding hydrogens is 332 g/mol. The third kappa shape index (κ3) is 4.42. The number of carbonyl (C=O) groups excluding carboxylic acids is 2. The van der Waals surface area contributed by atoms with Crippen molar-refractivity contribution in [2.75, 3.05) is 0 Å². The normalized spacial score (nSPS) is 10.5. The summed E-state index contributed by atoms with van der Waals surface area (Å²) in [5.41, 5.74) is 1.35. The van der Waals surface area contributed by atoms with Crippen LogP contribution >= 0.6 is 0 Å². The molecule has 0 saturated heterocycles. The van der Waals surface area contributed by atoms with E-state index in [0.29, 0.717) is 24.4 Å². The van der Waals surface area contributed by atoms with Crippen molar-refractivity contribution in [1.29, 1.82) is 0 Å². The maximum atomic E-state index is 12.2. The van der Waals surface area contributed by atoms with Crippen LogP contribution in [0.1, 0.15) is 44.9 Å². The molecule has 6 nitrogen and oxygen atoms in total. The fraction of sp³-hybridized carbons (Fsp3) is 0.200. The van der Waals surface area contributed by atoms with Crippen LogP contribution in [0.15, 0.2) is 63.6 Å². The highest BCUT2D eigenvalue weighted by Gasteiger charge is 2.11. The maximum absolute atomic E-state index is 12.2. The van der Waals surface area contributed by atoms with Crippen LogP contribution in [0.3, 0.4) is 0 Å². The molecule has 0 aliphatic heterocycles. The number of aryl methyl sites for hydroxylation is 1. The van der Waals surface area contributed by atoms with Gasteiger partial charge in [-0.3, -0.25) is 9.59 Å². The minimum absolute atomic E-state index is 0.201. The van der Waals surface area contributed by atoms with Crippen molar-refractivity contribution in [3.63, 3.8) is 0 Å². The van der Waals surface area contributed by atoms with Crippen LogP contribution < -0.4 is 10.6 Å². The molecular formula is C20H20N2O4. The lowest BCUT2D eigenvalue weighted by Crippen LogP contribution is -2.24. The number of rotatable bonds is 7. The summed E-state index contributed by atoms with van der Waals surface area (Å²) in [4.78, 5) is 24.3. The summed E-state index contributed by atoms with van der Waals surface area (Å²) in [5.74, 6) is 1.26. The third-order valence-electron chi connectivity index (χ3n) is 3.88. The predicted octanol–water partition coefficient (Wildman–Crippen LogP) is 3.30. The van der Waals surface area contributed by atoms with Gasteiger partial charge in [0.2, 0.25) is 0 Å². The molecule has 0 spiro atoms. The zero-order valence-electron chi connectivity index (χ0n) is 14.5. The van der Waals surface area contributed by atoms with E-state index in [-0.39, 0.29) is 17.6 Å². The predicted molar refractivity (Wildman–Crippen MR) is 95.6 cm³/mol. The second-order valence-electron chi connectivity index (χ2n) is 5.76. The molecule has 0 atom stereocenters. The Kier molecular flexibility index (Phi) is 5.53. The number of hydrogen-bond acceptors (Lipinski definition) is 4. The molecule has 1 aromatic carbocycles. The molecule has 0 aliphatic carbocycles. The lowest BCUT2D eigenvalue weighted by molar-refractivity contribution is 0.0920. The Morgan fingerprint density at radius 3 is 2.50 bits per heavy atom. The summed E-state index contributed by atoms with van der Waals surface area (Å²) in [6, 6.07) is 14.1. The summed E-state index contributed by atoms with van der Waals surface area (Å²) in [5, 5.41) is 5.59. The Morgan fingerprint density at radius 1 is 0.923 bits per heavy atom. The van der Waals surface area contributed by atoms with Crippen LogP contribution in [-0.4, -0.2) is 11.8 Å². The highest BCUT2D eigenvalue weighted by atomic mass is 16.4. The van der Waals surface area contributed by atoms with Crippen molar-refractivity contribution in [2.24, 2.45) is 0 Å². The Balaban J connectivity index is 1.56. The van der Waals surface area contributed by atoms with Gasteiger partial charge in [-0.2, -0.15) is 0 Å². The van der Waals surface area contributed by atoms with E-state index in [1.807, 2.05) is 13.0 Å². The molecule has 2 heterocycles. The van der Waals surface area contributed by atoms with Gasteiger partial charge >= 0.3 is 0 Å². The first kappa shape index (κ1) is 17.5. The van der Waals surface area contributed by atoms with E-state index in [2.05, 4.69) is 10.6 Å². The quantitative estimate of drug-likeness (QED) is 0.683. The Hall–Kier alpha value is -3.28. The second-order valence-corrected chi connectivity index (χ2v) is 5.76. The van der Waals surface area contributed by atoms with Gasteiger partial charge in [-0.05, 0) is 42.0 Å². The second kappa shape index (κ2) is 8.20. The van der Waals surface area contributed by atoms with Gasteiger partial charge in [0.25, 0.3) is 11.8 Å². The Morgan fingerprint density at radius 2 is 1.77 bits per heavy atom. The van der Waals surface area contributed by atoms with Crippen molar-refractivity contribution in [3.05, 3.63) is 83.2 Å². The molecule has 3 rings (SSSR count). The van der Waals surface area contributed by atoms with Gasteiger partial charge in [0, 0.05) is 18.5 Å². The van der Waals surface area contributed by atoms with Crippen molar-refractivity contribution in [3.8, 4) is 0 Å². The lowest BCUT2D eigenvalue weighted by atomic mass is 10.1. The fourth-order valence-corrected chi connectivity index (χ4v) is 2.46. The molecule has 26 heavy (non-hydrogen) atoms. The number of carbonyl (C=O) groups is 2. The molecule has 2 N–H and O–H groups in total. The van der Waals surface area contributed by atoms with Gasteiger partial charge in [0.15, 0.2) is 5.76 Å². The van der Waals surface area contributed by atoms with Crippen LogP contribution in [0.4, 0.5) is 0 Å². The van der Waals surface area contributed by atoms with E-state index < -0.39 is 0 Å². The number of hydrogen-bond donors (Lipinski definition) is 2. The van der Waals surface area contributed by atoms with E-state index in [1.165, 1.54) is 0 Å². The van der Waals surface area contributed by atoms with E-state index in [1.54, 1.807) is 48.7 Å². The molecule has 0 bridgehead atoms. The van der Waals surface area contributed by atoms with E-state index >= 15 is 0 Å². The number of benzene rings is 1. The molecule has 3 aromatic rings. The molecule has 0 aliphatic rings. The Labute approximate surface area is 151 Å². The first-order valence-electron chi connectivity index (χ1n) is 8.42. The van der Waals surface area contributed by atoms with Gasteiger partial charge in [-0.25, -0.2) is 0 Å². The summed E-state index contributed by atoms with van der Waals surface area (Å²) in [6.45, 7) is 2.59. The van der Waals surface area contributed by atoms with Crippen LogP contribution in [0.5, 0.6) is 0 Å². The number of nitrogens with one attached hydrogen (secondary N) is 2. The first-order valence-corrected chi connectivity index (χ1v) is 8.42. The van der Waals surface area contributed by atoms with Gasteiger partial charge in [0.05, 0.1) is 12.8 Å². The minimum atomic E-state index is -0.280. The molecule has 6 heteroatoms. The molecule has 2 aromatic heterocycles. The zero-order valence-corrected chi connectivity index (χ0v) is 14.5. The van der Waals surface area contributed by atoms with Crippen LogP contribution in [0, 0.1) is 0 Å². The topological polar surface area (TPSA) is 84.5 Å². The molecule has 0 fully saturated rings. The highest BCUT2D eigenvalue weighted by molar-refractivity contribution is 5.94. The SMILES string of the molecule is CCc1ccc(C(=O)NCc2cccc(C(=O)NCc3ccco3)c2)o1. The van der Waals surface area contributed by atoms with E-state index in [0.717, 1.165) is 17.7 Å². The monoisotopic (exact) mass is 352 g/mol. The van der Waals surface area contributed by atoms with Crippen molar-refractivity contribution < 1.29 is 18.4 Å². The lowest BCUT2D eigenvalue weighted by Gasteiger charge is -2.07. The molecule has 2 amide bonds. The highest BCUT2D eigenvalue weighted by Crippen LogP contribution is 2.10. The van der Waals surface area contributed by atoms with Crippen molar-refractivity contribution in [2.45, 2.75) is 26.4 Å². The largest absolute Gasteiger partial charge is 0.467 e. The average Bonchev–Trinajstić information content (AvgIpc) is 3.36. The summed E-state index contributed by atoms with van der Waals surface area (Å²) in [6.07, 6.45) is 2.30. The first-order chi connectivity index (χ1) is 12.7. The van der Waals surface area contributed by atoms with Gasteiger partial charge in [-0.1, -0.05) is 19.1 Å². The summed E-state index contributed by atoms with van der Waals surface area (Å²) < 4.78 is 10.6. The molecule has 134 valence electrons. The van der Waals surface area contributed by atoms with Gasteiger partial charge in [0.1, 0.15) is 11.5 Å². The van der Waals surface area contributed by atoms with Crippen LogP contribution in [0.25, 0.3) is 0 Å². The summed E-state index contributed by atoms with van der Waals surface area (Å²) >= 11 is 0. The molecule has 0 saturated carbocycles. The number of amides is 2. The standard InChI is InChI=1S/C20H20N2O4/c1-2-16-8-9-18(26-16)20(24)21-12-14-5-3-6-15(11-14)19(23)22-13-17-7-4-10-25-17/h3-11H,2,12-13H2,1H3,(H,21,24)(H,22,23). The summed E-state index contributed by atoms with van der Waals surface area (Å²) in [7, 11) is 0. The Bertz CT molecular complexity index is 881. The molecule has 0 radical (unpaired) electrons. The van der Waals surface area contributed by atoms with Gasteiger partial charge < -0.3 is 19.5 Å². The van der Waals surface area contributed by atoms with Crippen LogP contribution in [-0.2, 0) is 19.5 Å². The third-order valence-corrected chi connectivity index (χ3v) is 3.88. The maximum Gasteiger partial charge on any atom is 0.287 e. The van der Waals surface area contributed by atoms with E-state index in [9.17, 15) is 9.59 Å². The average molecular weight is 352 g/mol. The number of furan rings is 2.